The molecule has 182 valence electrons. The van der Waals surface area contributed by atoms with Gasteiger partial charge in [0.25, 0.3) is 11.6 Å². The molecular weight excluding hydrogens is 460 g/mol. The molecule has 3 aromatic rings. The van der Waals surface area contributed by atoms with Gasteiger partial charge in [0.2, 0.25) is 5.91 Å². The number of rotatable bonds is 6. The fourth-order valence-electron chi connectivity index (χ4n) is 4.81. The van der Waals surface area contributed by atoms with Crippen LogP contribution in [-0.2, 0) is 9.59 Å². The number of hydrogen-bond acceptors (Lipinski definition) is 7. The van der Waals surface area contributed by atoms with Crippen molar-refractivity contribution < 1.29 is 19.6 Å². The van der Waals surface area contributed by atoms with E-state index in [0.717, 1.165) is 5.56 Å². The molecule has 3 aromatic carbocycles. The number of fused-ring (bicyclic) bond motifs is 1. The highest BCUT2D eigenvalue weighted by Gasteiger charge is 2.54. The van der Waals surface area contributed by atoms with E-state index in [2.05, 4.69) is 5.43 Å². The summed E-state index contributed by atoms with van der Waals surface area (Å²) in [4.78, 5) is 38.8. The first-order valence-corrected chi connectivity index (χ1v) is 11.5. The summed E-state index contributed by atoms with van der Waals surface area (Å²) >= 11 is 0. The zero-order chi connectivity index (χ0) is 25.4. The monoisotopic (exact) mass is 484 g/mol. The number of carbonyl (C=O) groups excluding carboxylic acids is 2. The van der Waals surface area contributed by atoms with Crippen LogP contribution in [0.25, 0.3) is 0 Å². The predicted molar refractivity (Wildman–Crippen MR) is 134 cm³/mol. The quantitative estimate of drug-likeness (QED) is 0.237. The van der Waals surface area contributed by atoms with Crippen LogP contribution in [-0.4, -0.2) is 38.9 Å². The molecule has 9 heteroatoms. The molecule has 0 aromatic heterocycles. The minimum Gasteiger partial charge on any atom is -0.386 e. The molecule has 1 saturated heterocycles. The molecule has 2 aliphatic heterocycles. The van der Waals surface area contributed by atoms with Crippen molar-refractivity contribution in [1.29, 1.82) is 0 Å². The van der Waals surface area contributed by atoms with Gasteiger partial charge in [-0.15, -0.1) is 0 Å². The van der Waals surface area contributed by atoms with E-state index >= 15 is 0 Å². The van der Waals surface area contributed by atoms with E-state index in [9.17, 15) is 24.8 Å². The van der Waals surface area contributed by atoms with Gasteiger partial charge in [-0.1, -0.05) is 54.6 Å². The van der Waals surface area contributed by atoms with Gasteiger partial charge in [-0.3, -0.25) is 19.7 Å². The van der Waals surface area contributed by atoms with Crippen molar-refractivity contribution in [3.8, 4) is 0 Å². The normalized spacial score (nSPS) is 22.4. The number of nitro groups is 1. The lowest BCUT2D eigenvalue weighted by molar-refractivity contribution is -0.384. The van der Waals surface area contributed by atoms with Crippen LogP contribution in [0.3, 0.4) is 0 Å². The van der Waals surface area contributed by atoms with Gasteiger partial charge in [0.1, 0.15) is 12.1 Å². The van der Waals surface area contributed by atoms with Gasteiger partial charge < -0.3 is 10.5 Å². The van der Waals surface area contributed by atoms with E-state index in [4.69, 9.17) is 0 Å². The number of imide groups is 1. The lowest BCUT2D eigenvalue weighted by Crippen LogP contribution is -2.55. The number of anilines is 2. The highest BCUT2D eigenvalue weighted by molar-refractivity contribution is 6.24. The Labute approximate surface area is 207 Å². The number of hydrazine groups is 1. The van der Waals surface area contributed by atoms with E-state index < -0.39 is 34.9 Å². The smallest absolute Gasteiger partial charge is 0.269 e. The van der Waals surface area contributed by atoms with E-state index in [0.29, 0.717) is 16.9 Å². The van der Waals surface area contributed by atoms with E-state index in [1.165, 1.54) is 29.2 Å². The SMILES string of the molecule is Cc1ccccc1C(O)C1C=CC2C(=O)N(c3ccccc3)C(=O)C2N1Nc1ccc([N+](=O)[O-])cc1. The summed E-state index contributed by atoms with van der Waals surface area (Å²) in [6, 6.07) is 20.3. The Morgan fingerprint density at radius 1 is 0.917 bits per heavy atom. The molecule has 0 bridgehead atoms. The first-order chi connectivity index (χ1) is 17.4. The summed E-state index contributed by atoms with van der Waals surface area (Å²) < 4.78 is 0. The van der Waals surface area contributed by atoms with Crippen LogP contribution in [0, 0.1) is 23.0 Å². The molecule has 36 heavy (non-hydrogen) atoms. The number of aryl methyl sites for hydroxylation is 1. The molecule has 9 nitrogen and oxygen atoms in total. The Morgan fingerprint density at radius 3 is 2.25 bits per heavy atom. The average Bonchev–Trinajstić information content (AvgIpc) is 3.15. The molecule has 0 aliphatic carbocycles. The minimum absolute atomic E-state index is 0.0733. The van der Waals surface area contributed by atoms with Crippen LogP contribution in [0.15, 0.2) is 91.0 Å². The number of aliphatic hydroxyl groups excluding tert-OH is 1. The number of benzene rings is 3. The fraction of sp³-hybridized carbons (Fsp3) is 0.185. The zero-order valence-electron chi connectivity index (χ0n) is 19.4. The van der Waals surface area contributed by atoms with Gasteiger partial charge in [-0.05, 0) is 42.3 Å². The average molecular weight is 485 g/mol. The lowest BCUT2D eigenvalue weighted by Gasteiger charge is -2.41. The first kappa shape index (κ1) is 23.4. The van der Waals surface area contributed by atoms with E-state index in [1.807, 2.05) is 31.2 Å². The van der Waals surface area contributed by atoms with Crippen LogP contribution in [0.1, 0.15) is 17.2 Å². The molecular formula is C27H24N4O5. The summed E-state index contributed by atoms with van der Waals surface area (Å²) in [5, 5.41) is 24.1. The van der Waals surface area contributed by atoms with Crippen LogP contribution in [0.5, 0.6) is 0 Å². The number of nitrogens with zero attached hydrogens (tertiary/aromatic N) is 3. The van der Waals surface area contributed by atoms with Gasteiger partial charge >= 0.3 is 0 Å². The van der Waals surface area contributed by atoms with Crippen LogP contribution in [0.2, 0.25) is 0 Å². The molecule has 4 atom stereocenters. The summed E-state index contributed by atoms with van der Waals surface area (Å²) in [5.74, 6) is -1.53. The molecule has 0 spiro atoms. The predicted octanol–water partition coefficient (Wildman–Crippen LogP) is 3.76. The van der Waals surface area contributed by atoms with E-state index in [1.54, 1.807) is 47.5 Å². The maximum Gasteiger partial charge on any atom is 0.269 e. The summed E-state index contributed by atoms with van der Waals surface area (Å²) in [5.41, 5.74) is 5.62. The lowest BCUT2D eigenvalue weighted by atomic mass is 9.89. The van der Waals surface area contributed by atoms with Crippen LogP contribution in [0.4, 0.5) is 17.1 Å². The second-order valence-electron chi connectivity index (χ2n) is 8.82. The van der Waals surface area contributed by atoms with Crippen molar-refractivity contribution in [2.75, 3.05) is 10.3 Å². The van der Waals surface area contributed by atoms with Crippen molar-refractivity contribution >= 4 is 28.9 Å². The van der Waals surface area contributed by atoms with Gasteiger partial charge in [-0.25, -0.2) is 9.91 Å². The number of non-ortho nitro benzene ring substituents is 1. The molecule has 2 heterocycles. The minimum atomic E-state index is -1.01. The molecule has 4 unspecified atom stereocenters. The first-order valence-electron chi connectivity index (χ1n) is 11.5. The van der Waals surface area contributed by atoms with Crippen LogP contribution >= 0.6 is 0 Å². The number of para-hydroxylation sites is 1. The van der Waals surface area contributed by atoms with Crippen molar-refractivity contribution in [3.63, 3.8) is 0 Å². The standard InChI is InChI=1S/C27H24N4O5/c1-17-7-5-6-10-21(17)25(32)23-16-15-22-24(27(34)29(26(22)33)19-8-3-2-4-9-19)30(23)28-18-11-13-20(14-12-18)31(35)36/h2-16,22-25,28,32H,1H3. The number of nitro benzene ring substituents is 1. The third-order valence-electron chi connectivity index (χ3n) is 6.64. The molecule has 5 rings (SSSR count). The van der Waals surface area contributed by atoms with Crippen molar-refractivity contribution in [2.24, 2.45) is 5.92 Å². The second-order valence-corrected chi connectivity index (χ2v) is 8.82. The number of aliphatic hydroxyl groups is 1. The van der Waals surface area contributed by atoms with Crippen molar-refractivity contribution in [2.45, 2.75) is 25.1 Å². The Bertz CT molecular complexity index is 1340. The third kappa shape index (κ3) is 4.04. The van der Waals surface area contributed by atoms with Gasteiger partial charge in [-0.2, -0.15) is 0 Å². The molecule has 0 saturated carbocycles. The molecule has 2 N–H and O–H groups in total. The number of hydrogen-bond donors (Lipinski definition) is 2. The van der Waals surface area contributed by atoms with Gasteiger partial charge in [0, 0.05) is 17.8 Å². The highest BCUT2D eigenvalue weighted by Crippen LogP contribution is 2.38. The van der Waals surface area contributed by atoms with Gasteiger partial charge in [0.15, 0.2) is 0 Å². The Balaban J connectivity index is 1.55. The zero-order valence-corrected chi connectivity index (χ0v) is 19.4. The third-order valence-corrected chi connectivity index (χ3v) is 6.64. The molecule has 1 fully saturated rings. The molecule has 2 amide bonds. The fourth-order valence-corrected chi connectivity index (χ4v) is 4.81. The summed E-state index contributed by atoms with van der Waals surface area (Å²) in [7, 11) is 0. The second kappa shape index (κ2) is 9.37. The Hall–Kier alpha value is -4.34. The molecule has 0 radical (unpaired) electrons. The largest absolute Gasteiger partial charge is 0.386 e. The maximum absolute atomic E-state index is 13.7. The number of nitrogens with one attached hydrogen (secondary N) is 1. The Kier molecular flexibility index (Phi) is 6.09. The maximum atomic E-state index is 13.7. The summed E-state index contributed by atoms with van der Waals surface area (Å²) in [6.45, 7) is 1.89. The van der Waals surface area contributed by atoms with Crippen molar-refractivity contribution in [1.82, 2.24) is 5.01 Å². The number of carbonyl (C=O) groups is 2. The highest BCUT2D eigenvalue weighted by atomic mass is 16.6. The Morgan fingerprint density at radius 2 is 1.58 bits per heavy atom. The number of amides is 2. The molecule has 2 aliphatic rings. The topological polar surface area (TPSA) is 116 Å². The van der Waals surface area contributed by atoms with Crippen LogP contribution < -0.4 is 10.3 Å². The summed E-state index contributed by atoms with van der Waals surface area (Å²) in [6.07, 6.45) is 2.41. The van der Waals surface area contributed by atoms with E-state index in [-0.39, 0.29) is 11.6 Å². The van der Waals surface area contributed by atoms with Gasteiger partial charge in [0.05, 0.1) is 22.6 Å². The van der Waals surface area contributed by atoms with Crippen molar-refractivity contribution in [3.05, 3.63) is 112 Å².